The van der Waals surface area contributed by atoms with Crippen molar-refractivity contribution in [3.8, 4) is 0 Å². The number of piperidine rings is 3. The molecule has 3 aliphatic heterocycles. The highest BCUT2D eigenvalue weighted by molar-refractivity contribution is 5.81. The summed E-state index contributed by atoms with van der Waals surface area (Å²) in [6.45, 7) is 8.54. The van der Waals surface area contributed by atoms with Gasteiger partial charge in [0, 0.05) is 24.4 Å². The topological polar surface area (TPSA) is 64.6 Å². The SMILES string of the molecule is CC(C)(C)OC(=O)C[N+]12CCC(CC1)C(OC(=O)C(Nc1ccccc1)c1ccccc1)C2.[Br-]. The molecule has 2 unspecified atom stereocenters. The van der Waals surface area contributed by atoms with Crippen LogP contribution >= 0.6 is 0 Å². The van der Waals surface area contributed by atoms with Gasteiger partial charge in [-0.1, -0.05) is 48.5 Å². The Labute approximate surface area is 213 Å². The summed E-state index contributed by atoms with van der Waals surface area (Å²) in [5.74, 6) is -0.110. The van der Waals surface area contributed by atoms with E-state index < -0.39 is 11.6 Å². The number of ether oxygens (including phenoxy) is 2. The van der Waals surface area contributed by atoms with Crippen molar-refractivity contribution in [2.45, 2.75) is 51.4 Å². The molecule has 6 nitrogen and oxygen atoms in total. The number of carbonyl (C=O) groups excluding carboxylic acids is 2. The van der Waals surface area contributed by atoms with Gasteiger partial charge in [0.05, 0.1) is 13.1 Å². The smallest absolute Gasteiger partial charge is 0.362 e. The number of hydrogen-bond acceptors (Lipinski definition) is 5. The van der Waals surface area contributed by atoms with Gasteiger partial charge in [-0.05, 0) is 38.5 Å². The van der Waals surface area contributed by atoms with Gasteiger partial charge in [0.1, 0.15) is 12.1 Å². The van der Waals surface area contributed by atoms with Crippen LogP contribution in [0.3, 0.4) is 0 Å². The van der Waals surface area contributed by atoms with Crippen LogP contribution < -0.4 is 22.3 Å². The highest BCUT2D eigenvalue weighted by atomic mass is 79.9. The summed E-state index contributed by atoms with van der Waals surface area (Å²) in [5.41, 5.74) is 1.23. The number of quaternary nitrogens is 1. The molecule has 0 radical (unpaired) electrons. The Balaban J connectivity index is 0.00000324. The van der Waals surface area contributed by atoms with E-state index in [0.29, 0.717) is 23.5 Å². The van der Waals surface area contributed by atoms with Gasteiger partial charge >= 0.3 is 11.9 Å². The van der Waals surface area contributed by atoms with Gasteiger partial charge in [-0.25, -0.2) is 9.59 Å². The Morgan fingerprint density at radius 3 is 2.18 bits per heavy atom. The van der Waals surface area contributed by atoms with Crippen LogP contribution in [0.25, 0.3) is 0 Å². The standard InChI is InChI=1S/C27H35N2O4.BrH/c1-27(2,3)33-24(30)19-29-16-14-20(15-17-29)23(18-29)32-26(31)25(21-10-6-4-7-11-21)28-22-12-8-5-9-13-22;/h4-13,20,23,25,28H,14-19H2,1-3H3;1H/q+1;/p-1. The lowest BCUT2D eigenvalue weighted by molar-refractivity contribution is -0.939. The quantitative estimate of drug-likeness (QED) is 0.432. The van der Waals surface area contributed by atoms with Crippen molar-refractivity contribution in [1.82, 2.24) is 0 Å². The second kappa shape index (κ2) is 10.9. The number of nitrogens with one attached hydrogen (secondary N) is 1. The molecule has 2 aromatic carbocycles. The van der Waals surface area contributed by atoms with E-state index in [9.17, 15) is 9.59 Å². The summed E-state index contributed by atoms with van der Waals surface area (Å²) >= 11 is 0. The third kappa shape index (κ3) is 6.60. The highest BCUT2D eigenvalue weighted by Crippen LogP contribution is 2.36. The molecule has 2 bridgehead atoms. The predicted octanol–water partition coefficient (Wildman–Crippen LogP) is 1.34. The van der Waals surface area contributed by atoms with Crippen molar-refractivity contribution in [1.29, 1.82) is 0 Å². The molecule has 0 aromatic heterocycles. The number of anilines is 1. The summed E-state index contributed by atoms with van der Waals surface area (Å²) in [6, 6.07) is 18.8. The molecular formula is C27H35BrN2O4. The molecule has 0 amide bonds. The Morgan fingerprint density at radius 2 is 1.59 bits per heavy atom. The maximum absolute atomic E-state index is 13.4. The third-order valence-corrected chi connectivity index (χ3v) is 6.65. The molecule has 34 heavy (non-hydrogen) atoms. The number of nitrogens with zero attached hydrogens (tertiary/aromatic N) is 1. The average molecular weight is 531 g/mol. The molecule has 3 fully saturated rings. The number of para-hydroxylation sites is 1. The molecule has 0 spiro atoms. The van der Waals surface area contributed by atoms with Crippen molar-refractivity contribution < 1.29 is 40.5 Å². The monoisotopic (exact) mass is 530 g/mol. The fourth-order valence-electron chi connectivity index (χ4n) is 5.07. The maximum Gasteiger partial charge on any atom is 0.362 e. The van der Waals surface area contributed by atoms with Crippen molar-refractivity contribution in [3.05, 3.63) is 66.2 Å². The Hall–Kier alpha value is -2.38. The number of hydrogen-bond donors (Lipinski definition) is 1. The number of fused-ring (bicyclic) bond motifs is 3. The number of rotatable bonds is 7. The Bertz CT molecular complexity index is 954. The van der Waals surface area contributed by atoms with E-state index >= 15 is 0 Å². The average Bonchev–Trinajstić information content (AvgIpc) is 2.78. The summed E-state index contributed by atoms with van der Waals surface area (Å²) < 4.78 is 12.4. The lowest BCUT2D eigenvalue weighted by atomic mass is 9.83. The van der Waals surface area contributed by atoms with E-state index in [2.05, 4.69) is 5.32 Å². The molecule has 184 valence electrons. The highest BCUT2D eigenvalue weighted by Gasteiger charge is 2.49. The first-order valence-corrected chi connectivity index (χ1v) is 11.9. The van der Waals surface area contributed by atoms with Crippen molar-refractivity contribution in [2.75, 3.05) is 31.5 Å². The predicted molar refractivity (Wildman–Crippen MR) is 127 cm³/mol. The lowest BCUT2D eigenvalue weighted by Crippen LogP contribution is -3.00. The minimum atomic E-state index is -0.594. The third-order valence-electron chi connectivity index (χ3n) is 6.65. The van der Waals surface area contributed by atoms with Crippen LogP contribution in [0, 0.1) is 5.92 Å². The van der Waals surface area contributed by atoms with Crippen molar-refractivity contribution in [2.24, 2.45) is 5.92 Å². The molecule has 3 saturated heterocycles. The van der Waals surface area contributed by atoms with Crippen LogP contribution in [-0.2, 0) is 19.1 Å². The van der Waals surface area contributed by atoms with Gasteiger partial charge in [0.15, 0.2) is 18.7 Å². The second-order valence-electron chi connectivity index (χ2n) is 10.4. The fraction of sp³-hybridized carbons (Fsp3) is 0.481. The van der Waals surface area contributed by atoms with Crippen LogP contribution in [0.15, 0.2) is 60.7 Å². The van der Waals surface area contributed by atoms with Gasteiger partial charge in [0.25, 0.3) is 0 Å². The Morgan fingerprint density at radius 1 is 1.00 bits per heavy atom. The lowest BCUT2D eigenvalue weighted by Gasteiger charge is -2.51. The van der Waals surface area contributed by atoms with Crippen LogP contribution in [0.1, 0.15) is 45.2 Å². The first-order valence-electron chi connectivity index (χ1n) is 11.9. The zero-order valence-electron chi connectivity index (χ0n) is 20.2. The molecule has 0 saturated carbocycles. The number of carbonyl (C=O) groups is 2. The van der Waals surface area contributed by atoms with Gasteiger partial charge in [0.2, 0.25) is 0 Å². The van der Waals surface area contributed by atoms with E-state index in [1.807, 2.05) is 81.4 Å². The summed E-state index contributed by atoms with van der Waals surface area (Å²) in [6.07, 6.45) is 1.73. The first-order chi connectivity index (χ1) is 15.7. The number of benzene rings is 2. The minimum Gasteiger partial charge on any atom is -1.00 e. The van der Waals surface area contributed by atoms with Crippen molar-refractivity contribution in [3.63, 3.8) is 0 Å². The summed E-state index contributed by atoms with van der Waals surface area (Å²) in [7, 11) is 0. The second-order valence-corrected chi connectivity index (χ2v) is 10.4. The van der Waals surface area contributed by atoms with E-state index in [4.69, 9.17) is 9.47 Å². The molecule has 7 heteroatoms. The largest absolute Gasteiger partial charge is 1.00 e. The Kier molecular flexibility index (Phi) is 8.42. The molecule has 2 aromatic rings. The first kappa shape index (κ1) is 26.2. The van der Waals surface area contributed by atoms with Crippen LogP contribution in [0.5, 0.6) is 0 Å². The van der Waals surface area contributed by atoms with Crippen LogP contribution in [0.2, 0.25) is 0 Å². The zero-order valence-corrected chi connectivity index (χ0v) is 21.8. The maximum atomic E-state index is 13.4. The molecule has 2 atom stereocenters. The normalized spacial score (nSPS) is 24.4. The molecular weight excluding hydrogens is 496 g/mol. The van der Waals surface area contributed by atoms with Crippen molar-refractivity contribution >= 4 is 17.6 Å². The van der Waals surface area contributed by atoms with Gasteiger partial charge < -0.3 is 36.3 Å². The number of halogens is 1. The van der Waals surface area contributed by atoms with E-state index in [1.165, 1.54) is 0 Å². The molecule has 3 aliphatic rings. The number of esters is 2. The molecule has 3 heterocycles. The summed E-state index contributed by atoms with van der Waals surface area (Å²) in [5, 5.41) is 3.34. The zero-order chi connectivity index (χ0) is 23.5. The molecule has 5 rings (SSSR count). The van der Waals surface area contributed by atoms with Gasteiger partial charge in [-0.3, -0.25) is 0 Å². The van der Waals surface area contributed by atoms with Crippen LogP contribution in [0.4, 0.5) is 5.69 Å². The summed E-state index contributed by atoms with van der Waals surface area (Å²) in [4.78, 5) is 26.0. The molecule has 0 aliphatic carbocycles. The van der Waals surface area contributed by atoms with E-state index in [-0.39, 0.29) is 35.0 Å². The minimum absolute atomic E-state index is 0. The van der Waals surface area contributed by atoms with Gasteiger partial charge in [-0.2, -0.15) is 0 Å². The van der Waals surface area contributed by atoms with E-state index in [1.54, 1.807) is 0 Å². The fourth-order valence-corrected chi connectivity index (χ4v) is 5.07. The molecule has 1 N–H and O–H groups in total. The van der Waals surface area contributed by atoms with Gasteiger partial charge in [-0.15, -0.1) is 0 Å². The van der Waals surface area contributed by atoms with Crippen LogP contribution in [-0.4, -0.2) is 54.3 Å². The van der Waals surface area contributed by atoms with E-state index in [0.717, 1.165) is 37.2 Å².